The van der Waals surface area contributed by atoms with E-state index in [2.05, 4.69) is 21.0 Å². The number of aromatic nitrogens is 2. The van der Waals surface area contributed by atoms with Crippen molar-refractivity contribution in [3.05, 3.63) is 110 Å². The molecule has 0 bridgehead atoms. The number of methoxy groups -OCH3 is 1. The van der Waals surface area contributed by atoms with Crippen molar-refractivity contribution in [1.82, 2.24) is 9.66 Å². The molecule has 7 rings (SSSR count). The summed E-state index contributed by atoms with van der Waals surface area (Å²) in [6.45, 7) is 0.474. The molecule has 0 amide bonds. The second-order valence-electron chi connectivity index (χ2n) is 9.59. The minimum absolute atomic E-state index is 0.204. The minimum atomic E-state index is -0.349. The number of benzene rings is 4. The van der Waals surface area contributed by atoms with E-state index in [1.165, 1.54) is 10.9 Å². The number of ether oxygens (including phenoxy) is 4. The third-order valence-electron chi connectivity index (χ3n) is 6.88. The van der Waals surface area contributed by atoms with Gasteiger partial charge in [-0.25, -0.2) is 4.98 Å². The number of furan rings is 1. The minimum Gasteiger partial charge on any atom is -0.496 e. The fourth-order valence-corrected chi connectivity index (χ4v) is 5.80. The average molecular weight is 659 g/mol. The first-order valence-electron chi connectivity index (χ1n) is 13.1. The van der Waals surface area contributed by atoms with Gasteiger partial charge in [-0.1, -0.05) is 35.9 Å². The zero-order valence-electron chi connectivity index (χ0n) is 22.5. The maximum absolute atomic E-state index is 13.6. The first kappa shape index (κ1) is 27.1. The van der Waals surface area contributed by atoms with E-state index >= 15 is 0 Å². The Hall–Kier alpha value is -4.80. The molecule has 214 valence electrons. The van der Waals surface area contributed by atoms with E-state index in [0.717, 1.165) is 10.9 Å². The molecule has 1 aliphatic heterocycles. The summed E-state index contributed by atoms with van der Waals surface area (Å²) in [6, 6.07) is 23.5. The summed E-state index contributed by atoms with van der Waals surface area (Å²) in [5.74, 6) is 3.11. The van der Waals surface area contributed by atoms with Crippen LogP contribution in [0.3, 0.4) is 0 Å². The van der Waals surface area contributed by atoms with Crippen LogP contribution in [0, 0.1) is 0 Å². The van der Waals surface area contributed by atoms with Crippen LogP contribution in [0.25, 0.3) is 33.5 Å². The molecule has 4 aromatic carbocycles. The summed E-state index contributed by atoms with van der Waals surface area (Å²) < 4.78 is 30.2. The molecule has 43 heavy (non-hydrogen) atoms. The summed E-state index contributed by atoms with van der Waals surface area (Å²) in [4.78, 5) is 18.4. The van der Waals surface area contributed by atoms with E-state index in [0.29, 0.717) is 60.3 Å². The highest BCUT2D eigenvalue weighted by Crippen LogP contribution is 2.37. The van der Waals surface area contributed by atoms with Gasteiger partial charge in [-0.2, -0.15) is 9.78 Å². The number of rotatable bonds is 7. The maximum Gasteiger partial charge on any atom is 0.282 e. The summed E-state index contributed by atoms with van der Waals surface area (Å²) in [6.07, 6.45) is 1.53. The van der Waals surface area contributed by atoms with Gasteiger partial charge in [-0.3, -0.25) is 4.79 Å². The third kappa shape index (κ3) is 5.09. The van der Waals surface area contributed by atoms with E-state index < -0.39 is 0 Å². The number of para-hydroxylation sites is 1. The lowest BCUT2D eigenvalue weighted by Gasteiger charge is -2.12. The van der Waals surface area contributed by atoms with E-state index in [-0.39, 0.29) is 24.8 Å². The second kappa shape index (κ2) is 11.1. The van der Waals surface area contributed by atoms with Crippen LogP contribution in [-0.2, 0) is 6.61 Å². The van der Waals surface area contributed by atoms with E-state index in [9.17, 15) is 4.79 Å². The molecular weight excluding hydrogens is 638 g/mol. The molecule has 0 spiro atoms. The predicted octanol–water partition coefficient (Wildman–Crippen LogP) is 7.42. The Morgan fingerprint density at radius 2 is 1.88 bits per heavy atom. The lowest BCUT2D eigenvalue weighted by molar-refractivity contribution is 0.174. The van der Waals surface area contributed by atoms with E-state index in [1.807, 2.05) is 42.5 Å². The van der Waals surface area contributed by atoms with Crippen molar-refractivity contribution in [2.45, 2.75) is 6.61 Å². The molecule has 9 nitrogen and oxygen atoms in total. The molecule has 11 heteroatoms. The van der Waals surface area contributed by atoms with Crippen molar-refractivity contribution in [3.8, 4) is 34.6 Å². The van der Waals surface area contributed by atoms with Crippen LogP contribution in [0.15, 0.2) is 97.6 Å². The Morgan fingerprint density at radius 3 is 2.74 bits per heavy atom. The van der Waals surface area contributed by atoms with Gasteiger partial charge in [0.2, 0.25) is 12.6 Å². The number of hydrogen-bond acceptors (Lipinski definition) is 8. The van der Waals surface area contributed by atoms with Crippen molar-refractivity contribution in [2.75, 3.05) is 13.9 Å². The highest BCUT2D eigenvalue weighted by molar-refractivity contribution is 9.10. The van der Waals surface area contributed by atoms with Gasteiger partial charge < -0.3 is 23.4 Å². The van der Waals surface area contributed by atoms with Gasteiger partial charge >= 0.3 is 0 Å². The number of fused-ring (bicyclic) bond motifs is 3. The van der Waals surface area contributed by atoms with E-state index in [4.69, 9.17) is 39.9 Å². The van der Waals surface area contributed by atoms with Crippen LogP contribution in [0.2, 0.25) is 5.02 Å². The van der Waals surface area contributed by atoms with Crippen molar-refractivity contribution in [1.29, 1.82) is 0 Å². The molecule has 0 N–H and O–H groups in total. The molecule has 6 aromatic rings. The highest BCUT2D eigenvalue weighted by Gasteiger charge is 2.19. The lowest BCUT2D eigenvalue weighted by Crippen LogP contribution is -2.20. The Bertz CT molecular complexity index is 2100. The average Bonchev–Trinajstić information content (AvgIpc) is 3.67. The lowest BCUT2D eigenvalue weighted by atomic mass is 10.2. The predicted molar refractivity (Wildman–Crippen MR) is 167 cm³/mol. The second-order valence-corrected chi connectivity index (χ2v) is 10.8. The molecular formula is C32H21BrClN3O6. The molecule has 0 saturated heterocycles. The third-order valence-corrected chi connectivity index (χ3v) is 7.75. The summed E-state index contributed by atoms with van der Waals surface area (Å²) in [7, 11) is 1.59. The van der Waals surface area contributed by atoms with Gasteiger partial charge in [-0.15, -0.1) is 0 Å². The van der Waals surface area contributed by atoms with E-state index in [1.54, 1.807) is 43.5 Å². The molecule has 1 aliphatic rings. The summed E-state index contributed by atoms with van der Waals surface area (Å²) in [5, 5.41) is 6.07. The number of nitrogens with zero attached hydrogens (tertiary/aromatic N) is 3. The first-order valence-corrected chi connectivity index (χ1v) is 14.3. The van der Waals surface area contributed by atoms with Crippen LogP contribution in [0.1, 0.15) is 11.1 Å². The van der Waals surface area contributed by atoms with Crippen LogP contribution < -0.4 is 24.5 Å². The number of halogens is 2. The van der Waals surface area contributed by atoms with Gasteiger partial charge in [0.25, 0.3) is 5.56 Å². The summed E-state index contributed by atoms with van der Waals surface area (Å²) >= 11 is 10.2. The fourth-order valence-electron chi connectivity index (χ4n) is 4.82. The number of hydrogen-bond donors (Lipinski definition) is 0. The molecule has 0 atom stereocenters. The molecule has 0 unspecified atom stereocenters. The molecule has 0 fully saturated rings. The van der Waals surface area contributed by atoms with Gasteiger partial charge in [-0.05, 0) is 81.7 Å². The topological polar surface area (TPSA) is 97.3 Å². The summed E-state index contributed by atoms with van der Waals surface area (Å²) in [5.41, 5.74) is 2.30. The van der Waals surface area contributed by atoms with Gasteiger partial charge in [0.05, 0.1) is 39.1 Å². The highest BCUT2D eigenvalue weighted by atomic mass is 79.9. The molecule has 0 radical (unpaired) electrons. The Balaban J connectivity index is 1.23. The maximum atomic E-state index is 13.6. The van der Waals surface area contributed by atoms with Crippen LogP contribution >= 0.6 is 27.5 Å². The van der Waals surface area contributed by atoms with Crippen LogP contribution in [0.5, 0.6) is 23.0 Å². The van der Waals surface area contributed by atoms with Crippen LogP contribution in [0.4, 0.5) is 0 Å². The van der Waals surface area contributed by atoms with Crippen molar-refractivity contribution in [3.63, 3.8) is 0 Å². The molecule has 0 saturated carbocycles. The first-order chi connectivity index (χ1) is 21.0. The Labute approximate surface area is 258 Å². The molecule has 0 aliphatic carbocycles. The zero-order chi connectivity index (χ0) is 29.5. The zero-order valence-corrected chi connectivity index (χ0v) is 24.9. The largest absolute Gasteiger partial charge is 0.496 e. The van der Waals surface area contributed by atoms with Crippen molar-refractivity contribution in [2.24, 2.45) is 5.10 Å². The van der Waals surface area contributed by atoms with Crippen molar-refractivity contribution < 1.29 is 23.4 Å². The Morgan fingerprint density at radius 1 is 1.02 bits per heavy atom. The van der Waals surface area contributed by atoms with Gasteiger partial charge in [0.1, 0.15) is 17.9 Å². The quantitative estimate of drug-likeness (QED) is 0.165. The monoisotopic (exact) mass is 657 g/mol. The normalized spacial score (nSPS) is 12.4. The van der Waals surface area contributed by atoms with Crippen molar-refractivity contribution >= 4 is 55.6 Å². The van der Waals surface area contributed by atoms with Gasteiger partial charge in [0, 0.05) is 0 Å². The van der Waals surface area contributed by atoms with Crippen LogP contribution in [-0.4, -0.2) is 29.8 Å². The Kier molecular flexibility index (Phi) is 7.00. The smallest absolute Gasteiger partial charge is 0.282 e. The van der Waals surface area contributed by atoms with Gasteiger partial charge in [0.15, 0.2) is 23.0 Å². The molecule has 2 aromatic heterocycles. The SMILES string of the molecule is COc1cccc2oc(-c3nc4ccccc4c(=O)n3N=Cc3cc(Cl)c(OCc4ccc5c(c4)OCO5)c(Br)c3)cc12. The molecule has 3 heterocycles. The standard InChI is InChI=1S/C32H21BrClN3O6/c1-39-25-7-4-8-26-21(25)14-29(43-26)31-36-24-6-3-2-5-20(24)32(38)37(31)35-15-19-11-22(33)30(23(34)12-19)40-16-18-9-10-27-28(13-18)42-17-41-27/h2-15H,16-17H2,1H3. The fraction of sp³-hybridized carbons (Fsp3) is 0.0938.